The number of nitrogens with zero attached hydrogens (tertiary/aromatic N) is 3. The Hall–Kier alpha value is -1.73. The van der Waals surface area contributed by atoms with Crippen LogP contribution in [0.15, 0.2) is 18.2 Å². The number of carbonyl (C=O) groups is 1. The molecule has 1 aliphatic rings. The van der Waals surface area contributed by atoms with Gasteiger partial charge in [0.15, 0.2) is 0 Å². The molecule has 0 bridgehead atoms. The number of hydrogen-bond donors (Lipinski definition) is 0. The van der Waals surface area contributed by atoms with Crippen molar-refractivity contribution in [3.05, 3.63) is 28.8 Å². The van der Waals surface area contributed by atoms with Crippen LogP contribution in [-0.4, -0.2) is 37.5 Å². The lowest BCUT2D eigenvalue weighted by Crippen LogP contribution is -2.41. The standard InChI is InChI=1S/C18H24ClN3O/c1-3-4-10-21(2)18(23)14-8-11-22(12-9-14)17-15(13-20)6-5-7-16(17)19/h5-7,14H,3-4,8-12H2,1-2H3. The third-order valence-corrected chi connectivity index (χ3v) is 4.80. The van der Waals surface area contributed by atoms with Gasteiger partial charge in [-0.1, -0.05) is 31.0 Å². The summed E-state index contributed by atoms with van der Waals surface area (Å²) in [7, 11) is 1.90. The Morgan fingerprint density at radius 3 is 2.74 bits per heavy atom. The largest absolute Gasteiger partial charge is 0.369 e. The fraction of sp³-hybridized carbons (Fsp3) is 0.556. The summed E-state index contributed by atoms with van der Waals surface area (Å²) in [6.07, 6.45) is 3.77. The summed E-state index contributed by atoms with van der Waals surface area (Å²) in [5.41, 5.74) is 1.41. The van der Waals surface area contributed by atoms with Crippen LogP contribution in [0.1, 0.15) is 38.2 Å². The molecule has 1 aromatic rings. The number of amides is 1. The smallest absolute Gasteiger partial charge is 0.225 e. The maximum absolute atomic E-state index is 12.5. The third kappa shape index (κ3) is 4.17. The van der Waals surface area contributed by atoms with E-state index in [1.807, 2.05) is 18.0 Å². The minimum Gasteiger partial charge on any atom is -0.369 e. The molecule has 1 fully saturated rings. The number of rotatable bonds is 5. The molecule has 0 radical (unpaired) electrons. The average molecular weight is 334 g/mol. The molecule has 1 aliphatic heterocycles. The number of nitriles is 1. The van der Waals surface area contributed by atoms with Crippen molar-refractivity contribution < 1.29 is 4.79 Å². The van der Waals surface area contributed by atoms with Gasteiger partial charge in [0, 0.05) is 32.6 Å². The molecule has 0 aromatic heterocycles. The van der Waals surface area contributed by atoms with E-state index in [0.717, 1.165) is 51.0 Å². The first kappa shape index (κ1) is 17.6. The van der Waals surface area contributed by atoms with Crippen molar-refractivity contribution in [3.63, 3.8) is 0 Å². The highest BCUT2D eigenvalue weighted by Gasteiger charge is 2.28. The van der Waals surface area contributed by atoms with Gasteiger partial charge >= 0.3 is 0 Å². The molecule has 0 saturated carbocycles. The van der Waals surface area contributed by atoms with Gasteiger partial charge in [-0.3, -0.25) is 4.79 Å². The first-order valence-electron chi connectivity index (χ1n) is 8.27. The zero-order valence-electron chi connectivity index (χ0n) is 13.9. The van der Waals surface area contributed by atoms with Gasteiger partial charge in [-0.15, -0.1) is 0 Å². The second kappa shape index (κ2) is 8.21. The maximum atomic E-state index is 12.5. The van der Waals surface area contributed by atoms with Crippen LogP contribution in [0.3, 0.4) is 0 Å². The molecule has 0 atom stereocenters. The van der Waals surface area contributed by atoms with Gasteiger partial charge in [0.2, 0.25) is 5.91 Å². The first-order valence-corrected chi connectivity index (χ1v) is 8.64. The van der Waals surface area contributed by atoms with Crippen LogP contribution in [0.2, 0.25) is 5.02 Å². The van der Waals surface area contributed by atoms with Crippen molar-refractivity contribution in [2.24, 2.45) is 5.92 Å². The van der Waals surface area contributed by atoms with E-state index in [-0.39, 0.29) is 11.8 Å². The topological polar surface area (TPSA) is 47.3 Å². The van der Waals surface area contributed by atoms with Crippen LogP contribution in [-0.2, 0) is 4.79 Å². The molecular weight excluding hydrogens is 310 g/mol. The molecular formula is C18H24ClN3O. The summed E-state index contributed by atoms with van der Waals surface area (Å²) in [6, 6.07) is 7.60. The molecule has 2 rings (SSSR count). The summed E-state index contributed by atoms with van der Waals surface area (Å²) in [5.74, 6) is 0.332. The van der Waals surface area contributed by atoms with Gasteiger partial charge in [0.1, 0.15) is 6.07 Å². The Balaban J connectivity index is 1.99. The van der Waals surface area contributed by atoms with Crippen LogP contribution in [0, 0.1) is 17.2 Å². The average Bonchev–Trinajstić information content (AvgIpc) is 2.58. The lowest BCUT2D eigenvalue weighted by Gasteiger charge is -2.35. The predicted octanol–water partition coefficient (Wildman–Crippen LogP) is 3.69. The number of halogens is 1. The molecule has 1 aromatic carbocycles. The molecule has 1 amide bonds. The van der Waals surface area contributed by atoms with Crippen molar-refractivity contribution in [3.8, 4) is 6.07 Å². The number of unbranched alkanes of at least 4 members (excludes halogenated alkanes) is 1. The van der Waals surface area contributed by atoms with E-state index in [9.17, 15) is 10.1 Å². The lowest BCUT2D eigenvalue weighted by atomic mass is 9.94. The minimum absolute atomic E-state index is 0.0844. The Labute approximate surface area is 143 Å². The quantitative estimate of drug-likeness (QED) is 0.825. The van der Waals surface area contributed by atoms with Crippen molar-refractivity contribution in [2.45, 2.75) is 32.6 Å². The van der Waals surface area contributed by atoms with Gasteiger partial charge in [-0.05, 0) is 31.4 Å². The summed E-state index contributed by atoms with van der Waals surface area (Å²) >= 11 is 6.28. The number of para-hydroxylation sites is 1. The molecule has 23 heavy (non-hydrogen) atoms. The van der Waals surface area contributed by atoms with Crippen molar-refractivity contribution >= 4 is 23.2 Å². The van der Waals surface area contributed by atoms with Crippen LogP contribution in [0.25, 0.3) is 0 Å². The SMILES string of the molecule is CCCCN(C)C(=O)C1CCN(c2c(Cl)cccc2C#N)CC1. The summed E-state index contributed by atoms with van der Waals surface area (Å²) in [5, 5.41) is 9.88. The molecule has 0 unspecified atom stereocenters. The Morgan fingerprint density at radius 2 is 2.13 bits per heavy atom. The molecule has 0 N–H and O–H groups in total. The molecule has 1 saturated heterocycles. The molecule has 1 heterocycles. The number of anilines is 1. The van der Waals surface area contributed by atoms with E-state index in [1.165, 1.54) is 0 Å². The zero-order valence-corrected chi connectivity index (χ0v) is 14.6. The first-order chi connectivity index (χ1) is 11.1. The molecule has 0 spiro atoms. The fourth-order valence-corrected chi connectivity index (χ4v) is 3.39. The number of piperidine rings is 1. The van der Waals surface area contributed by atoms with Gasteiger partial charge in [-0.2, -0.15) is 5.26 Å². The van der Waals surface area contributed by atoms with E-state index < -0.39 is 0 Å². The Bertz CT molecular complexity index is 588. The fourth-order valence-electron chi connectivity index (χ4n) is 3.09. The monoisotopic (exact) mass is 333 g/mol. The maximum Gasteiger partial charge on any atom is 0.225 e. The van der Waals surface area contributed by atoms with E-state index in [2.05, 4.69) is 17.9 Å². The van der Waals surface area contributed by atoms with E-state index in [4.69, 9.17) is 11.6 Å². The Kier molecular flexibility index (Phi) is 6.29. The zero-order chi connectivity index (χ0) is 16.8. The van der Waals surface area contributed by atoms with Crippen LogP contribution >= 0.6 is 11.6 Å². The Morgan fingerprint density at radius 1 is 1.43 bits per heavy atom. The van der Waals surface area contributed by atoms with Crippen molar-refractivity contribution in [1.82, 2.24) is 4.90 Å². The van der Waals surface area contributed by atoms with Gasteiger partial charge in [-0.25, -0.2) is 0 Å². The predicted molar refractivity (Wildman–Crippen MR) is 93.6 cm³/mol. The molecule has 4 nitrogen and oxygen atoms in total. The second-order valence-electron chi connectivity index (χ2n) is 6.12. The van der Waals surface area contributed by atoms with Crippen LogP contribution in [0.5, 0.6) is 0 Å². The van der Waals surface area contributed by atoms with Crippen molar-refractivity contribution in [1.29, 1.82) is 5.26 Å². The number of carbonyl (C=O) groups excluding carboxylic acids is 1. The lowest BCUT2D eigenvalue weighted by molar-refractivity contribution is -0.134. The normalized spacial score (nSPS) is 15.3. The van der Waals surface area contributed by atoms with E-state index >= 15 is 0 Å². The van der Waals surface area contributed by atoms with E-state index in [0.29, 0.717) is 10.6 Å². The molecule has 124 valence electrons. The second-order valence-corrected chi connectivity index (χ2v) is 6.53. The van der Waals surface area contributed by atoms with Crippen LogP contribution < -0.4 is 4.90 Å². The summed E-state index contributed by atoms with van der Waals surface area (Å²) in [4.78, 5) is 16.5. The molecule has 0 aliphatic carbocycles. The summed E-state index contributed by atoms with van der Waals surface area (Å²) < 4.78 is 0. The summed E-state index contributed by atoms with van der Waals surface area (Å²) in [6.45, 7) is 4.48. The van der Waals surface area contributed by atoms with Gasteiger partial charge in [0.25, 0.3) is 0 Å². The number of benzene rings is 1. The highest BCUT2D eigenvalue weighted by molar-refractivity contribution is 6.33. The van der Waals surface area contributed by atoms with Crippen LogP contribution in [0.4, 0.5) is 5.69 Å². The van der Waals surface area contributed by atoms with Gasteiger partial charge in [0.05, 0.1) is 16.3 Å². The van der Waals surface area contributed by atoms with Gasteiger partial charge < -0.3 is 9.80 Å². The third-order valence-electron chi connectivity index (χ3n) is 4.49. The minimum atomic E-state index is 0.0844. The highest BCUT2D eigenvalue weighted by Crippen LogP contribution is 2.33. The number of hydrogen-bond acceptors (Lipinski definition) is 3. The van der Waals surface area contributed by atoms with E-state index in [1.54, 1.807) is 12.1 Å². The highest BCUT2D eigenvalue weighted by atomic mass is 35.5. The molecule has 5 heteroatoms. The van der Waals surface area contributed by atoms with Crippen molar-refractivity contribution in [2.75, 3.05) is 31.6 Å².